The smallest absolute Gasteiger partial charge is 0.358 e. The lowest BCUT2D eigenvalue weighted by Gasteiger charge is -2.12. The van der Waals surface area contributed by atoms with Crippen LogP contribution in [-0.4, -0.2) is 22.8 Å². The summed E-state index contributed by atoms with van der Waals surface area (Å²) < 4.78 is 6.33. The third-order valence-corrected chi connectivity index (χ3v) is 3.02. The number of hydrogen-bond acceptors (Lipinski definition) is 4. The third kappa shape index (κ3) is 3.84. The second kappa shape index (κ2) is 6.92. The van der Waals surface area contributed by atoms with Gasteiger partial charge in [0.15, 0.2) is 5.69 Å². The van der Waals surface area contributed by atoms with Crippen molar-refractivity contribution < 1.29 is 14.4 Å². The molecule has 0 fully saturated rings. The summed E-state index contributed by atoms with van der Waals surface area (Å²) in [5, 5.41) is 0. The Morgan fingerprint density at radius 1 is 1.29 bits per heavy atom. The van der Waals surface area contributed by atoms with Gasteiger partial charge in [-0.25, -0.2) is 9.78 Å². The second-order valence-electron chi connectivity index (χ2n) is 5.21. The topological polar surface area (TPSA) is 53.3 Å². The molecule has 0 saturated heterocycles. The zero-order valence-corrected chi connectivity index (χ0v) is 12.6. The predicted molar refractivity (Wildman–Crippen MR) is 78.8 cm³/mol. The lowest BCUT2D eigenvalue weighted by atomic mass is 10.1. The van der Waals surface area contributed by atoms with E-state index in [1.807, 2.05) is 30.3 Å². The van der Waals surface area contributed by atoms with E-state index in [1.54, 1.807) is 4.73 Å². The quantitative estimate of drug-likeness (QED) is 0.766. The molecule has 0 atom stereocenters. The molecule has 0 spiro atoms. The van der Waals surface area contributed by atoms with Crippen molar-refractivity contribution in [1.82, 2.24) is 9.71 Å². The largest absolute Gasteiger partial charge is 0.464 e. The molecule has 0 radical (unpaired) electrons. The maximum absolute atomic E-state index is 11.7. The highest BCUT2D eigenvalue weighted by atomic mass is 16.7. The highest BCUT2D eigenvalue weighted by molar-refractivity contribution is 5.88. The monoisotopic (exact) mass is 288 g/mol. The van der Waals surface area contributed by atoms with E-state index in [-0.39, 0.29) is 0 Å². The van der Waals surface area contributed by atoms with Crippen molar-refractivity contribution in [3.63, 3.8) is 0 Å². The predicted octanol–water partition coefficient (Wildman–Crippen LogP) is 2.50. The minimum absolute atomic E-state index is 0.319. The number of hydrogen-bond donors (Lipinski definition) is 0. The molecule has 1 aromatic carbocycles. The van der Waals surface area contributed by atoms with Crippen LogP contribution in [0.25, 0.3) is 0 Å². The molecular weight excluding hydrogens is 268 g/mol. The summed E-state index contributed by atoms with van der Waals surface area (Å²) in [6.07, 6.45) is 2.21. The van der Waals surface area contributed by atoms with Crippen molar-refractivity contribution in [3.8, 4) is 0 Å². The van der Waals surface area contributed by atoms with Crippen molar-refractivity contribution in [3.05, 3.63) is 53.6 Å². The van der Waals surface area contributed by atoms with Crippen LogP contribution >= 0.6 is 0 Å². The summed E-state index contributed by atoms with van der Waals surface area (Å²) in [6, 6.07) is 9.85. The van der Waals surface area contributed by atoms with E-state index < -0.39 is 5.97 Å². The summed E-state index contributed by atoms with van der Waals surface area (Å²) in [6.45, 7) is 4.58. The number of ether oxygens (including phenoxy) is 1. The van der Waals surface area contributed by atoms with Crippen LogP contribution in [0.15, 0.2) is 36.7 Å². The summed E-state index contributed by atoms with van der Waals surface area (Å²) in [4.78, 5) is 21.6. The number of carbonyl (C=O) groups excluding carboxylic acids is 1. The highest BCUT2D eigenvalue weighted by Gasteiger charge is 2.20. The molecule has 1 aromatic heterocycles. The Bertz CT molecular complexity index is 591. The van der Waals surface area contributed by atoms with E-state index in [4.69, 9.17) is 9.57 Å². The number of methoxy groups -OCH3 is 1. The van der Waals surface area contributed by atoms with Crippen LogP contribution in [0.1, 0.15) is 35.6 Å². The Hall–Kier alpha value is -2.30. The first-order valence-electron chi connectivity index (χ1n) is 6.93. The van der Waals surface area contributed by atoms with Gasteiger partial charge < -0.3 is 9.57 Å². The lowest BCUT2D eigenvalue weighted by molar-refractivity contribution is 0.0585. The Balaban J connectivity index is 2.18. The van der Waals surface area contributed by atoms with Crippen molar-refractivity contribution in [2.45, 2.75) is 26.9 Å². The summed E-state index contributed by atoms with van der Waals surface area (Å²) >= 11 is 0. The number of esters is 1. The molecule has 21 heavy (non-hydrogen) atoms. The first kappa shape index (κ1) is 15.1. The molecule has 0 aliphatic heterocycles. The molecular formula is C16H20N2O3. The fourth-order valence-electron chi connectivity index (χ4n) is 2.03. The Kier molecular flexibility index (Phi) is 4.98. The minimum atomic E-state index is -0.437. The zero-order chi connectivity index (χ0) is 15.2. The van der Waals surface area contributed by atoms with Crippen LogP contribution < -0.4 is 4.84 Å². The fourth-order valence-corrected chi connectivity index (χ4v) is 2.03. The first-order valence-corrected chi connectivity index (χ1v) is 6.93. The van der Waals surface area contributed by atoms with Gasteiger partial charge in [0, 0.05) is 0 Å². The molecule has 0 amide bonds. The number of benzene rings is 1. The average Bonchev–Trinajstić information content (AvgIpc) is 2.87. The van der Waals surface area contributed by atoms with Crippen molar-refractivity contribution in [2.75, 3.05) is 7.11 Å². The Morgan fingerprint density at radius 2 is 2.00 bits per heavy atom. The first-order chi connectivity index (χ1) is 10.1. The van der Waals surface area contributed by atoms with Crippen LogP contribution in [0.2, 0.25) is 0 Å². The van der Waals surface area contributed by atoms with Gasteiger partial charge in [-0.05, 0) is 17.9 Å². The SMILES string of the molecule is COC(=O)c1ncn(OCc2ccccc2)c1CC(C)C. The Morgan fingerprint density at radius 3 is 2.62 bits per heavy atom. The molecule has 2 aromatic rings. The molecule has 2 rings (SSSR count). The van der Waals surface area contributed by atoms with Crippen molar-refractivity contribution >= 4 is 5.97 Å². The standard InChI is InChI=1S/C16H20N2O3/c1-12(2)9-14-15(16(19)20-3)17-11-18(14)21-10-13-7-5-4-6-8-13/h4-8,11-12H,9-10H2,1-3H3. The zero-order valence-electron chi connectivity index (χ0n) is 12.6. The third-order valence-electron chi connectivity index (χ3n) is 3.02. The molecule has 0 aliphatic rings. The van der Waals surface area contributed by atoms with Crippen LogP contribution in [0.3, 0.4) is 0 Å². The van der Waals surface area contributed by atoms with Crippen LogP contribution in [0.4, 0.5) is 0 Å². The van der Waals surface area contributed by atoms with E-state index in [1.165, 1.54) is 13.4 Å². The average molecular weight is 288 g/mol. The van der Waals surface area contributed by atoms with Gasteiger partial charge in [-0.2, -0.15) is 4.73 Å². The molecule has 5 heteroatoms. The van der Waals surface area contributed by atoms with E-state index >= 15 is 0 Å². The number of carbonyl (C=O) groups is 1. The number of nitrogens with zero attached hydrogens (tertiary/aromatic N) is 2. The normalized spacial score (nSPS) is 10.7. The number of rotatable bonds is 6. The summed E-state index contributed by atoms with van der Waals surface area (Å²) in [7, 11) is 1.35. The van der Waals surface area contributed by atoms with Gasteiger partial charge >= 0.3 is 5.97 Å². The van der Waals surface area contributed by atoms with E-state index in [2.05, 4.69) is 18.8 Å². The molecule has 5 nitrogen and oxygen atoms in total. The van der Waals surface area contributed by atoms with Crippen LogP contribution in [0.5, 0.6) is 0 Å². The molecule has 0 aliphatic carbocycles. The van der Waals surface area contributed by atoms with Crippen LogP contribution in [0, 0.1) is 5.92 Å². The molecule has 1 heterocycles. The number of aromatic nitrogens is 2. The van der Waals surface area contributed by atoms with E-state index in [0.717, 1.165) is 11.3 Å². The second-order valence-corrected chi connectivity index (χ2v) is 5.21. The minimum Gasteiger partial charge on any atom is -0.464 e. The molecule has 112 valence electrons. The Labute approximate surface area is 124 Å². The summed E-state index contributed by atoms with van der Waals surface area (Å²) in [5.41, 5.74) is 2.12. The van der Waals surface area contributed by atoms with Gasteiger partial charge in [0.1, 0.15) is 12.9 Å². The van der Waals surface area contributed by atoms with Crippen molar-refractivity contribution in [2.24, 2.45) is 5.92 Å². The number of imidazole rings is 1. The maximum atomic E-state index is 11.7. The lowest BCUT2D eigenvalue weighted by Crippen LogP contribution is -2.17. The van der Waals surface area contributed by atoms with Gasteiger partial charge in [-0.1, -0.05) is 44.2 Å². The van der Waals surface area contributed by atoms with Gasteiger partial charge in [0.25, 0.3) is 0 Å². The van der Waals surface area contributed by atoms with Gasteiger partial charge in [-0.3, -0.25) is 0 Å². The van der Waals surface area contributed by atoms with Crippen molar-refractivity contribution in [1.29, 1.82) is 0 Å². The van der Waals surface area contributed by atoms with Crippen LogP contribution in [-0.2, 0) is 17.8 Å². The van der Waals surface area contributed by atoms with Gasteiger partial charge in [0.2, 0.25) is 0 Å². The molecule has 0 N–H and O–H groups in total. The van der Waals surface area contributed by atoms with E-state index in [0.29, 0.717) is 24.6 Å². The summed E-state index contributed by atoms with van der Waals surface area (Å²) in [5.74, 6) is -0.0584. The van der Waals surface area contributed by atoms with Gasteiger partial charge in [0.05, 0.1) is 12.8 Å². The highest BCUT2D eigenvalue weighted by Crippen LogP contribution is 2.14. The molecule has 0 unspecified atom stereocenters. The van der Waals surface area contributed by atoms with Gasteiger partial charge in [-0.15, -0.1) is 0 Å². The fraction of sp³-hybridized carbons (Fsp3) is 0.375. The maximum Gasteiger partial charge on any atom is 0.358 e. The molecule has 0 saturated carbocycles. The molecule has 0 bridgehead atoms. The van der Waals surface area contributed by atoms with E-state index in [9.17, 15) is 4.79 Å².